The molecule has 0 radical (unpaired) electrons. The molecule has 3 rings (SSSR count). The molecule has 1 aromatic carbocycles. The lowest BCUT2D eigenvalue weighted by atomic mass is 10.2. The van der Waals surface area contributed by atoms with E-state index in [1.54, 1.807) is 12.3 Å². The van der Waals surface area contributed by atoms with E-state index < -0.39 is 0 Å². The topological polar surface area (TPSA) is 45.4 Å². The second-order valence-electron chi connectivity index (χ2n) is 5.02. The minimum Gasteiger partial charge on any atom is -0.396 e. The lowest BCUT2D eigenvalue weighted by Gasteiger charge is -2.37. The van der Waals surface area contributed by atoms with Crippen LogP contribution in [0.15, 0.2) is 36.5 Å². The Kier molecular flexibility index (Phi) is 4.08. The van der Waals surface area contributed by atoms with E-state index in [0.717, 1.165) is 42.7 Å². The van der Waals surface area contributed by atoms with Gasteiger partial charge in [0.1, 0.15) is 0 Å². The molecule has 0 saturated carbocycles. The standard InChI is InChI=1S/C15H16Cl2N4/c16-11-2-1-3-13(8-11)20-4-6-21(7-5-20)15-14(18)9-12(17)10-19-15/h1-3,8-10H,4-7,18H2. The lowest BCUT2D eigenvalue weighted by Crippen LogP contribution is -2.47. The fraction of sp³-hybridized carbons (Fsp3) is 0.267. The van der Waals surface area contributed by atoms with E-state index in [2.05, 4.69) is 20.9 Å². The van der Waals surface area contributed by atoms with E-state index >= 15 is 0 Å². The summed E-state index contributed by atoms with van der Waals surface area (Å²) in [5.74, 6) is 0.810. The van der Waals surface area contributed by atoms with E-state index in [0.29, 0.717) is 10.7 Å². The molecule has 0 aliphatic carbocycles. The fourth-order valence-corrected chi connectivity index (χ4v) is 2.91. The summed E-state index contributed by atoms with van der Waals surface area (Å²) in [5, 5.41) is 1.33. The van der Waals surface area contributed by atoms with Gasteiger partial charge in [0, 0.05) is 43.1 Å². The highest BCUT2D eigenvalue weighted by Crippen LogP contribution is 2.26. The van der Waals surface area contributed by atoms with E-state index in [1.807, 2.05) is 18.2 Å². The molecule has 0 bridgehead atoms. The maximum atomic E-state index is 6.05. The number of nitrogen functional groups attached to an aromatic ring is 1. The van der Waals surface area contributed by atoms with E-state index in [9.17, 15) is 0 Å². The van der Waals surface area contributed by atoms with Crippen LogP contribution >= 0.6 is 23.2 Å². The molecule has 0 spiro atoms. The van der Waals surface area contributed by atoms with Gasteiger partial charge in [0.05, 0.1) is 10.7 Å². The summed E-state index contributed by atoms with van der Waals surface area (Å²) in [4.78, 5) is 8.84. The summed E-state index contributed by atoms with van der Waals surface area (Å²) in [6, 6.07) is 9.68. The Balaban J connectivity index is 1.70. The third-order valence-electron chi connectivity index (χ3n) is 3.61. The van der Waals surface area contributed by atoms with Gasteiger partial charge in [-0.3, -0.25) is 0 Å². The number of pyridine rings is 1. The first-order valence-corrected chi connectivity index (χ1v) is 7.55. The molecule has 2 aromatic rings. The minimum absolute atomic E-state index is 0.564. The predicted molar refractivity (Wildman–Crippen MR) is 89.5 cm³/mol. The molecule has 1 fully saturated rings. The summed E-state index contributed by atoms with van der Waals surface area (Å²) < 4.78 is 0. The molecule has 1 aliphatic rings. The van der Waals surface area contributed by atoms with Crippen molar-refractivity contribution in [3.05, 3.63) is 46.6 Å². The highest BCUT2D eigenvalue weighted by atomic mass is 35.5. The number of piperazine rings is 1. The van der Waals surface area contributed by atoms with Gasteiger partial charge >= 0.3 is 0 Å². The molecular weight excluding hydrogens is 307 g/mol. The molecule has 1 aromatic heterocycles. The monoisotopic (exact) mass is 322 g/mol. The number of benzene rings is 1. The molecule has 110 valence electrons. The SMILES string of the molecule is Nc1cc(Cl)cnc1N1CCN(c2cccc(Cl)c2)CC1. The van der Waals surface area contributed by atoms with Crippen LogP contribution in [0, 0.1) is 0 Å². The average molecular weight is 323 g/mol. The maximum absolute atomic E-state index is 6.05. The van der Waals surface area contributed by atoms with Gasteiger partial charge in [-0.1, -0.05) is 29.3 Å². The Morgan fingerprint density at radius 1 is 0.952 bits per heavy atom. The third-order valence-corrected chi connectivity index (χ3v) is 4.06. The number of nitrogens with zero attached hydrogens (tertiary/aromatic N) is 3. The lowest BCUT2D eigenvalue weighted by molar-refractivity contribution is 0.648. The highest BCUT2D eigenvalue weighted by Gasteiger charge is 2.20. The Hall–Kier alpha value is -1.65. The van der Waals surface area contributed by atoms with E-state index in [4.69, 9.17) is 28.9 Å². The second kappa shape index (κ2) is 6.00. The number of aromatic nitrogens is 1. The van der Waals surface area contributed by atoms with Crippen molar-refractivity contribution in [3.8, 4) is 0 Å². The van der Waals surface area contributed by atoms with Gasteiger partial charge in [-0.25, -0.2) is 4.98 Å². The Labute approximate surface area is 134 Å². The first-order valence-electron chi connectivity index (χ1n) is 6.80. The summed E-state index contributed by atoms with van der Waals surface area (Å²) in [7, 11) is 0. The van der Waals surface area contributed by atoms with Crippen LogP contribution in [0.3, 0.4) is 0 Å². The van der Waals surface area contributed by atoms with Gasteiger partial charge in [-0.2, -0.15) is 0 Å². The minimum atomic E-state index is 0.564. The van der Waals surface area contributed by atoms with Gasteiger partial charge in [0.2, 0.25) is 0 Å². The van der Waals surface area contributed by atoms with Crippen molar-refractivity contribution >= 4 is 40.4 Å². The normalized spacial score (nSPS) is 15.3. The first-order chi connectivity index (χ1) is 10.1. The largest absolute Gasteiger partial charge is 0.396 e. The Morgan fingerprint density at radius 2 is 1.67 bits per heavy atom. The highest BCUT2D eigenvalue weighted by molar-refractivity contribution is 6.31. The van der Waals surface area contributed by atoms with Gasteiger partial charge in [0.15, 0.2) is 5.82 Å². The maximum Gasteiger partial charge on any atom is 0.151 e. The van der Waals surface area contributed by atoms with Gasteiger partial charge < -0.3 is 15.5 Å². The van der Waals surface area contributed by atoms with E-state index in [-0.39, 0.29) is 0 Å². The van der Waals surface area contributed by atoms with Crippen LogP contribution in [0.2, 0.25) is 10.0 Å². The van der Waals surface area contributed by atoms with Crippen LogP contribution < -0.4 is 15.5 Å². The Morgan fingerprint density at radius 3 is 2.33 bits per heavy atom. The number of nitrogens with two attached hydrogens (primary N) is 1. The van der Waals surface area contributed by atoms with Crippen LogP contribution in [0.4, 0.5) is 17.2 Å². The molecule has 2 N–H and O–H groups in total. The number of halogens is 2. The number of hydrogen-bond acceptors (Lipinski definition) is 4. The van der Waals surface area contributed by atoms with Gasteiger partial charge in [0.25, 0.3) is 0 Å². The van der Waals surface area contributed by atoms with Crippen molar-refractivity contribution in [2.24, 2.45) is 0 Å². The molecule has 21 heavy (non-hydrogen) atoms. The molecule has 0 atom stereocenters. The quantitative estimate of drug-likeness (QED) is 0.921. The molecule has 0 amide bonds. The van der Waals surface area contributed by atoms with E-state index in [1.165, 1.54) is 0 Å². The first kappa shape index (κ1) is 14.3. The third kappa shape index (κ3) is 3.17. The number of anilines is 3. The summed E-state index contributed by atoms with van der Waals surface area (Å²) in [5.41, 5.74) is 7.77. The second-order valence-corrected chi connectivity index (χ2v) is 5.89. The molecule has 1 aliphatic heterocycles. The van der Waals surface area contributed by atoms with Crippen LogP contribution in [0.5, 0.6) is 0 Å². The van der Waals surface area contributed by atoms with Crippen LogP contribution in [-0.2, 0) is 0 Å². The van der Waals surface area contributed by atoms with Crippen molar-refractivity contribution in [3.63, 3.8) is 0 Å². The molecule has 0 unspecified atom stereocenters. The molecule has 4 nitrogen and oxygen atoms in total. The van der Waals surface area contributed by atoms with Crippen LogP contribution in [0.1, 0.15) is 0 Å². The molecule has 2 heterocycles. The fourth-order valence-electron chi connectivity index (χ4n) is 2.56. The zero-order valence-electron chi connectivity index (χ0n) is 11.5. The van der Waals surface area contributed by atoms with Gasteiger partial charge in [-0.15, -0.1) is 0 Å². The van der Waals surface area contributed by atoms with Crippen LogP contribution in [-0.4, -0.2) is 31.2 Å². The van der Waals surface area contributed by atoms with Crippen molar-refractivity contribution in [1.29, 1.82) is 0 Å². The summed E-state index contributed by atoms with van der Waals surface area (Å²) in [6.07, 6.45) is 1.64. The Bertz CT molecular complexity index is 639. The molecule has 1 saturated heterocycles. The number of rotatable bonds is 2. The smallest absolute Gasteiger partial charge is 0.151 e. The van der Waals surface area contributed by atoms with Crippen molar-refractivity contribution in [1.82, 2.24) is 4.98 Å². The summed E-state index contributed by atoms with van der Waals surface area (Å²) >= 11 is 11.9. The number of hydrogen-bond donors (Lipinski definition) is 1. The average Bonchev–Trinajstić information content (AvgIpc) is 2.47. The molecule has 6 heteroatoms. The zero-order chi connectivity index (χ0) is 14.8. The predicted octanol–water partition coefficient (Wildman–Crippen LogP) is 3.30. The zero-order valence-corrected chi connectivity index (χ0v) is 13.0. The van der Waals surface area contributed by atoms with Crippen molar-refractivity contribution in [2.75, 3.05) is 41.7 Å². The molecular formula is C15H16Cl2N4. The van der Waals surface area contributed by atoms with Gasteiger partial charge in [-0.05, 0) is 24.3 Å². The van der Waals surface area contributed by atoms with Crippen molar-refractivity contribution in [2.45, 2.75) is 0 Å². The van der Waals surface area contributed by atoms with Crippen molar-refractivity contribution < 1.29 is 0 Å². The van der Waals surface area contributed by atoms with Crippen LogP contribution in [0.25, 0.3) is 0 Å². The summed E-state index contributed by atoms with van der Waals surface area (Å²) in [6.45, 7) is 3.55.